The number of aliphatic hydroxyl groups is 1. The van der Waals surface area contributed by atoms with Gasteiger partial charge in [-0.3, -0.25) is 19.2 Å². The van der Waals surface area contributed by atoms with Gasteiger partial charge in [-0.15, -0.1) is 0 Å². The minimum atomic E-state index is -1.42. The van der Waals surface area contributed by atoms with E-state index in [1.54, 1.807) is 27.7 Å². The van der Waals surface area contributed by atoms with Crippen LogP contribution < -0.4 is 0 Å². The molecule has 0 aliphatic carbocycles. The lowest BCUT2D eigenvalue weighted by atomic mass is 9.88. The number of nitrogens with zero attached hydrogens (tertiary/aromatic N) is 2. The van der Waals surface area contributed by atoms with Crippen LogP contribution in [-0.2, 0) is 57.1 Å². The zero-order valence-corrected chi connectivity index (χ0v) is 35.4. The van der Waals surface area contributed by atoms with E-state index in [1.807, 2.05) is 6.92 Å². The standard InChI is InChI=1S/C18H30O9.C8H20N2.C8H12O5.C4H8O.2CH4/c1-6-8-14(21)25-11-18(5,13(3)20)12-27-16(23)26-10-17(4,9-19)15(22)24-7-2;1-9(2)7-5-6-8-10(3)4;1-3-11-6(9)8(2)4-12-7(10)13-5-8;1-3-4(2)5;;/h19H,6-12H2,1-5H3;5-8H2,1-4H3;3-5H2,1-2H3;3H2,1-2H3;2*1H4/i;;;2T;;. The number of carbonyl (C=O) groups excluding carboxylic acids is 7. The number of unbranched alkanes of at least 4 members (excludes halogenated alkanes) is 1. The van der Waals surface area contributed by atoms with Gasteiger partial charge in [0.25, 0.3) is 0 Å². The fourth-order valence-corrected chi connectivity index (χ4v) is 3.51. The topological polar surface area (TPSA) is 211 Å². The van der Waals surface area contributed by atoms with Crippen LogP contribution >= 0.6 is 0 Å². The van der Waals surface area contributed by atoms with Crippen LogP contribution in [0.15, 0.2) is 0 Å². The van der Waals surface area contributed by atoms with Crippen molar-refractivity contribution in [2.75, 3.05) is 94.1 Å². The highest BCUT2D eigenvalue weighted by Gasteiger charge is 2.42. The van der Waals surface area contributed by atoms with Gasteiger partial charge in [0.15, 0.2) is 0 Å². The Morgan fingerprint density at radius 2 is 1.25 bits per heavy atom. The van der Waals surface area contributed by atoms with E-state index >= 15 is 0 Å². The summed E-state index contributed by atoms with van der Waals surface area (Å²) >= 11 is 0. The second-order valence-electron chi connectivity index (χ2n) is 14.1. The highest BCUT2D eigenvalue weighted by Crippen LogP contribution is 2.24. The lowest BCUT2D eigenvalue weighted by Gasteiger charge is -2.29. The summed E-state index contributed by atoms with van der Waals surface area (Å²) in [7, 11) is 8.48. The van der Waals surface area contributed by atoms with Gasteiger partial charge in [-0.1, -0.05) is 28.7 Å². The minimum Gasteiger partial charge on any atom is -0.465 e. The predicted octanol–water partition coefficient (Wildman–Crippen LogP) is 5.51. The molecule has 1 fully saturated rings. The first kappa shape index (κ1) is 59.9. The number of ketones is 2. The van der Waals surface area contributed by atoms with Gasteiger partial charge in [0.05, 0.1) is 25.2 Å². The predicted molar refractivity (Wildman–Crippen MR) is 217 cm³/mol. The van der Waals surface area contributed by atoms with Crippen LogP contribution in [0.2, 0.25) is 0 Å². The summed E-state index contributed by atoms with van der Waals surface area (Å²) in [4.78, 5) is 83.3. The maximum atomic E-state index is 11.9. The molecule has 338 valence electrons. The maximum absolute atomic E-state index is 11.9. The van der Waals surface area contributed by atoms with E-state index in [1.165, 1.54) is 46.7 Å². The van der Waals surface area contributed by atoms with E-state index in [2.05, 4.69) is 47.5 Å². The third-order valence-corrected chi connectivity index (χ3v) is 7.63. The van der Waals surface area contributed by atoms with Crippen molar-refractivity contribution in [3.63, 3.8) is 0 Å². The number of cyclic esters (lactones) is 2. The number of carbonyl (C=O) groups is 7. The Hall–Kier alpha value is -3.83. The van der Waals surface area contributed by atoms with Gasteiger partial charge in [0.2, 0.25) is 0 Å². The fraction of sp³-hybridized carbons (Fsp3) is 0.825. The number of Topliss-reactive ketones (excluding diaryl/α,β-unsaturated/α-hetero) is 2. The minimum absolute atomic E-state index is 0. The highest BCUT2D eigenvalue weighted by atomic mass is 16.7. The first-order valence-corrected chi connectivity index (χ1v) is 18.4. The Labute approximate surface area is 344 Å². The zero-order valence-electron chi connectivity index (χ0n) is 36.4. The fourth-order valence-electron chi connectivity index (χ4n) is 3.51. The Balaban J connectivity index is -0.000000249. The van der Waals surface area contributed by atoms with E-state index in [0.29, 0.717) is 19.4 Å². The van der Waals surface area contributed by atoms with Crippen molar-refractivity contribution in [3.8, 4) is 0 Å². The molecule has 2 unspecified atom stereocenters. The van der Waals surface area contributed by atoms with Crippen LogP contribution in [0.3, 0.4) is 0 Å². The maximum Gasteiger partial charge on any atom is 0.508 e. The van der Waals surface area contributed by atoms with Gasteiger partial charge >= 0.3 is 30.2 Å². The van der Waals surface area contributed by atoms with Crippen molar-refractivity contribution in [2.45, 2.75) is 109 Å². The van der Waals surface area contributed by atoms with Gasteiger partial charge < -0.3 is 52.9 Å². The molecule has 0 radical (unpaired) electrons. The van der Waals surface area contributed by atoms with Crippen LogP contribution in [0.4, 0.5) is 9.59 Å². The van der Waals surface area contributed by atoms with Crippen LogP contribution in [0, 0.1) is 16.2 Å². The number of ether oxygens (including phenoxy) is 7. The lowest BCUT2D eigenvalue weighted by Crippen LogP contribution is -2.44. The normalized spacial score (nSPS) is 14.6. The van der Waals surface area contributed by atoms with E-state index in [4.69, 9.17) is 25.1 Å². The number of esters is 3. The van der Waals surface area contributed by atoms with Crippen LogP contribution in [0.1, 0.15) is 111 Å². The Morgan fingerprint density at radius 3 is 1.60 bits per heavy atom. The molecule has 17 nitrogen and oxygen atoms in total. The molecule has 1 N–H and O–H groups in total. The smallest absolute Gasteiger partial charge is 0.465 e. The van der Waals surface area contributed by atoms with Crippen molar-refractivity contribution >= 4 is 41.8 Å². The second-order valence-corrected chi connectivity index (χ2v) is 14.1. The number of hydrogen-bond donors (Lipinski definition) is 1. The average Bonchev–Trinajstić information content (AvgIpc) is 3.15. The van der Waals surface area contributed by atoms with E-state index in [-0.39, 0.29) is 72.8 Å². The second kappa shape index (κ2) is 34.2. The summed E-state index contributed by atoms with van der Waals surface area (Å²) in [6, 6.07) is 0. The molecule has 0 aromatic carbocycles. The SMILES string of the molecule is C.C.CCCC(=O)OCC(C)(COC(=O)OCC(C)(CO)C(=O)OCC)C(C)=O.CCOC(=O)C1(C)COC(=O)OC1.CN(C)CCCCN(C)C.[3H]CC(=O)CC. The van der Waals surface area contributed by atoms with Gasteiger partial charge in [0.1, 0.15) is 55.4 Å². The molecular weight excluding hydrogens is 748 g/mol. The summed E-state index contributed by atoms with van der Waals surface area (Å²) < 4.78 is 40.1. The van der Waals surface area contributed by atoms with Gasteiger partial charge in [-0.05, 0) is 109 Å². The monoisotopic (exact) mass is 829 g/mol. The van der Waals surface area contributed by atoms with Crippen molar-refractivity contribution < 1.29 is 73.2 Å². The number of hydrogen-bond acceptors (Lipinski definition) is 17. The molecule has 1 aliphatic heterocycles. The molecule has 0 bridgehead atoms. The molecule has 1 saturated heterocycles. The molecule has 1 rings (SSSR count). The number of aliphatic hydroxyl groups excluding tert-OH is 1. The lowest BCUT2D eigenvalue weighted by molar-refractivity contribution is -0.165. The van der Waals surface area contributed by atoms with Crippen LogP contribution in [0.25, 0.3) is 0 Å². The van der Waals surface area contributed by atoms with Crippen molar-refractivity contribution in [1.29, 1.82) is 0 Å². The summed E-state index contributed by atoms with van der Waals surface area (Å²) in [6.45, 7) is 13.9. The van der Waals surface area contributed by atoms with E-state index in [9.17, 15) is 38.7 Å². The largest absolute Gasteiger partial charge is 0.508 e. The van der Waals surface area contributed by atoms with E-state index in [0.717, 1.165) is 0 Å². The summed E-state index contributed by atoms with van der Waals surface area (Å²) in [6.07, 6.45) is 2.11. The van der Waals surface area contributed by atoms with Crippen molar-refractivity contribution in [2.24, 2.45) is 16.2 Å². The zero-order chi connectivity index (χ0) is 44.0. The van der Waals surface area contributed by atoms with Gasteiger partial charge in [0, 0.05) is 14.2 Å². The van der Waals surface area contributed by atoms with E-state index < -0.39 is 59.7 Å². The van der Waals surface area contributed by atoms with Crippen LogP contribution in [0.5, 0.6) is 0 Å². The molecule has 0 saturated carbocycles. The molecule has 2 atom stereocenters. The third-order valence-electron chi connectivity index (χ3n) is 7.63. The Kier molecular flexibility index (Phi) is 35.9. The third kappa shape index (κ3) is 30.9. The van der Waals surface area contributed by atoms with Crippen molar-refractivity contribution in [3.05, 3.63) is 0 Å². The summed E-state index contributed by atoms with van der Waals surface area (Å²) in [5.41, 5.74) is -3.50. The van der Waals surface area contributed by atoms with Gasteiger partial charge in [-0.25, -0.2) is 9.59 Å². The molecule has 57 heavy (non-hydrogen) atoms. The number of rotatable bonds is 20. The Morgan fingerprint density at radius 1 is 0.789 bits per heavy atom. The molecular formula is C40H78N2O15. The first-order valence-electron chi connectivity index (χ1n) is 19.1. The first-order chi connectivity index (χ1) is 26.1. The molecule has 1 aliphatic rings. The molecule has 0 amide bonds. The summed E-state index contributed by atoms with van der Waals surface area (Å²) in [5.74, 6) is -1.87. The molecule has 17 heteroatoms. The van der Waals surface area contributed by atoms with Crippen LogP contribution in [-0.4, -0.2) is 151 Å². The molecule has 1 heterocycles. The van der Waals surface area contributed by atoms with Gasteiger partial charge in [-0.2, -0.15) is 0 Å². The molecule has 0 aromatic heterocycles. The molecule has 0 spiro atoms. The average molecular weight is 829 g/mol. The summed E-state index contributed by atoms with van der Waals surface area (Å²) in [5, 5.41) is 9.37. The highest BCUT2D eigenvalue weighted by molar-refractivity contribution is 5.83. The van der Waals surface area contributed by atoms with Crippen molar-refractivity contribution in [1.82, 2.24) is 9.80 Å². The molecule has 0 aromatic rings. The quantitative estimate of drug-likeness (QED) is 0.0911. The Bertz CT molecular complexity index is 1160.